The molecule has 0 aliphatic rings. The van der Waals surface area contributed by atoms with Crippen LogP contribution in [0.25, 0.3) is 0 Å². The number of unbranched alkanes of at least 4 members (excludes halogenated alkanes) is 13. The molecule has 0 bridgehead atoms. The molecule has 8 nitrogen and oxygen atoms in total. The number of rotatable bonds is 37. The van der Waals surface area contributed by atoms with Crippen molar-refractivity contribution < 1.29 is 37.3 Å². The van der Waals surface area contributed by atoms with E-state index in [0.29, 0.717) is 24.1 Å². The number of ether oxygens (including phenoxy) is 2. The van der Waals surface area contributed by atoms with Gasteiger partial charge in [0.25, 0.3) is 7.82 Å². The smallest absolute Gasteiger partial charge is 0.306 e. The summed E-state index contributed by atoms with van der Waals surface area (Å²) >= 11 is 0. The summed E-state index contributed by atoms with van der Waals surface area (Å²) in [4.78, 5) is 25.0. The molecule has 2 atom stereocenters. The zero-order chi connectivity index (χ0) is 38.4. The number of phosphoric ester groups is 1. The average Bonchev–Trinajstić information content (AvgIpc) is 3.09. The van der Waals surface area contributed by atoms with Crippen LogP contribution in [0.1, 0.15) is 149 Å². The van der Waals surface area contributed by atoms with Crippen LogP contribution in [-0.2, 0) is 27.9 Å². The van der Waals surface area contributed by atoms with E-state index in [1.807, 2.05) is 21.1 Å². The van der Waals surface area contributed by atoms with E-state index < -0.39 is 13.9 Å². The van der Waals surface area contributed by atoms with Gasteiger partial charge in [-0.25, -0.2) is 0 Å². The maximum atomic E-state index is 12.6. The average molecular weight is 752 g/mol. The number of phosphoric acid groups is 1. The van der Waals surface area contributed by atoms with Crippen LogP contribution in [0.4, 0.5) is 0 Å². The minimum absolute atomic E-state index is 0.0160. The summed E-state index contributed by atoms with van der Waals surface area (Å²) in [5.41, 5.74) is 0. The van der Waals surface area contributed by atoms with Crippen molar-refractivity contribution in [1.29, 1.82) is 0 Å². The lowest BCUT2D eigenvalue weighted by Crippen LogP contribution is -2.37. The molecule has 52 heavy (non-hydrogen) atoms. The van der Waals surface area contributed by atoms with Crippen molar-refractivity contribution in [2.24, 2.45) is 0 Å². The standard InChI is InChI=1S/C43H78NO7P/c1-6-8-10-12-14-16-18-20-21-22-23-24-25-27-29-31-33-35-38-48-40-42(41-50-52(46,47)49-39-37-44(3,4)5)51-43(45)36-34-32-30-28-26-19-17-15-13-11-9-7-2/h8,10,14,16,20-21,23-24,27,29,42H,6-7,9,11-13,15,17-19,22,25-26,28,30-41H2,1-5H3/b10-8-,16-14-,21-20-,24-23-,29-27-. The minimum Gasteiger partial charge on any atom is -0.756 e. The van der Waals surface area contributed by atoms with E-state index in [-0.39, 0.29) is 25.8 Å². The van der Waals surface area contributed by atoms with Gasteiger partial charge in [-0.1, -0.05) is 145 Å². The molecule has 0 aromatic rings. The second-order valence-electron chi connectivity index (χ2n) is 14.6. The highest BCUT2D eigenvalue weighted by atomic mass is 31.2. The Morgan fingerprint density at radius 2 is 1.12 bits per heavy atom. The molecule has 0 amide bonds. The van der Waals surface area contributed by atoms with Crippen molar-refractivity contribution in [3.8, 4) is 0 Å². The van der Waals surface area contributed by atoms with Gasteiger partial charge in [0, 0.05) is 13.0 Å². The van der Waals surface area contributed by atoms with E-state index in [0.717, 1.165) is 70.6 Å². The third-order valence-electron chi connectivity index (χ3n) is 8.33. The molecule has 0 N–H and O–H groups in total. The van der Waals surface area contributed by atoms with Crippen molar-refractivity contribution >= 4 is 13.8 Å². The zero-order valence-corrected chi connectivity index (χ0v) is 34.9. The van der Waals surface area contributed by atoms with Gasteiger partial charge < -0.3 is 27.9 Å². The SMILES string of the molecule is CC/C=C\C/C=C\C/C=C\C/C=C\C/C=C\CCCCOCC(COP(=O)([O-])OCC[N+](C)(C)C)OC(=O)CCCCCCCCCCCCCC. The Balaban J connectivity index is 4.36. The predicted octanol–water partition coefficient (Wildman–Crippen LogP) is 11.1. The van der Waals surface area contributed by atoms with Crippen LogP contribution in [0.2, 0.25) is 0 Å². The number of carbonyl (C=O) groups is 1. The van der Waals surface area contributed by atoms with Gasteiger partial charge in [-0.3, -0.25) is 9.36 Å². The van der Waals surface area contributed by atoms with E-state index in [9.17, 15) is 14.3 Å². The first-order chi connectivity index (χ1) is 25.1. The van der Waals surface area contributed by atoms with Gasteiger partial charge >= 0.3 is 5.97 Å². The third kappa shape index (κ3) is 39.4. The highest BCUT2D eigenvalue weighted by molar-refractivity contribution is 7.45. The molecule has 0 aromatic carbocycles. The number of allylic oxidation sites excluding steroid dienone is 10. The van der Waals surface area contributed by atoms with Gasteiger partial charge in [-0.2, -0.15) is 0 Å². The number of quaternary nitrogens is 1. The number of hydrogen-bond donors (Lipinski definition) is 0. The maximum Gasteiger partial charge on any atom is 0.306 e. The number of hydrogen-bond acceptors (Lipinski definition) is 7. The molecular formula is C43H78NO7P. The predicted molar refractivity (Wildman–Crippen MR) is 217 cm³/mol. The highest BCUT2D eigenvalue weighted by Crippen LogP contribution is 2.38. The summed E-state index contributed by atoms with van der Waals surface area (Å²) in [6.07, 6.45) is 43.8. The highest BCUT2D eigenvalue weighted by Gasteiger charge is 2.20. The molecule has 0 aliphatic carbocycles. The van der Waals surface area contributed by atoms with E-state index >= 15 is 0 Å². The maximum absolute atomic E-state index is 12.6. The van der Waals surface area contributed by atoms with Crippen LogP contribution in [0.5, 0.6) is 0 Å². The first-order valence-corrected chi connectivity index (χ1v) is 22.0. The molecule has 0 rings (SSSR count). The molecular weight excluding hydrogens is 673 g/mol. The number of nitrogens with zero attached hydrogens (tertiary/aromatic N) is 1. The van der Waals surface area contributed by atoms with Gasteiger partial charge in [0.15, 0.2) is 0 Å². The molecule has 0 saturated heterocycles. The lowest BCUT2D eigenvalue weighted by molar-refractivity contribution is -0.870. The largest absolute Gasteiger partial charge is 0.756 e. The van der Waals surface area contributed by atoms with E-state index in [2.05, 4.69) is 74.6 Å². The molecule has 9 heteroatoms. The summed E-state index contributed by atoms with van der Waals surface area (Å²) in [5, 5.41) is 0. The van der Waals surface area contributed by atoms with Gasteiger partial charge in [-0.05, 0) is 57.8 Å². The van der Waals surface area contributed by atoms with Crippen molar-refractivity contribution in [1.82, 2.24) is 0 Å². The Hall–Kier alpha value is -1.80. The second-order valence-corrected chi connectivity index (χ2v) is 16.0. The van der Waals surface area contributed by atoms with Crippen molar-refractivity contribution in [2.45, 2.75) is 155 Å². The normalized spacial score (nSPS) is 14.5. The van der Waals surface area contributed by atoms with Crippen LogP contribution in [0, 0.1) is 0 Å². The van der Waals surface area contributed by atoms with Crippen molar-refractivity contribution in [3.05, 3.63) is 60.8 Å². The van der Waals surface area contributed by atoms with Crippen LogP contribution in [-0.4, -0.2) is 70.7 Å². The van der Waals surface area contributed by atoms with Crippen LogP contribution in [0.3, 0.4) is 0 Å². The fourth-order valence-corrected chi connectivity index (χ4v) is 5.89. The van der Waals surface area contributed by atoms with Gasteiger partial charge in [0.2, 0.25) is 0 Å². The fourth-order valence-electron chi connectivity index (χ4n) is 5.16. The summed E-state index contributed by atoms with van der Waals surface area (Å²) in [7, 11) is 1.32. The van der Waals surface area contributed by atoms with Crippen molar-refractivity contribution in [2.75, 3.05) is 54.1 Å². The molecule has 0 spiro atoms. The zero-order valence-electron chi connectivity index (χ0n) is 34.0. The first-order valence-electron chi connectivity index (χ1n) is 20.5. The van der Waals surface area contributed by atoms with E-state index in [4.69, 9.17) is 18.5 Å². The Morgan fingerprint density at radius 3 is 1.63 bits per heavy atom. The Kier molecular flexibility index (Phi) is 34.9. The van der Waals surface area contributed by atoms with Gasteiger partial charge in [0.05, 0.1) is 34.4 Å². The molecule has 2 unspecified atom stereocenters. The van der Waals surface area contributed by atoms with Crippen LogP contribution < -0.4 is 4.89 Å². The summed E-state index contributed by atoms with van der Waals surface area (Å²) in [5.74, 6) is -0.352. The Morgan fingerprint density at radius 1 is 0.615 bits per heavy atom. The summed E-state index contributed by atoms with van der Waals surface area (Å²) < 4.78 is 34.4. The van der Waals surface area contributed by atoms with E-state index in [1.54, 1.807) is 0 Å². The lowest BCUT2D eigenvalue weighted by Gasteiger charge is -2.28. The molecule has 302 valence electrons. The number of likely N-dealkylation sites (N-methyl/N-ethyl adjacent to an activating group) is 1. The summed E-state index contributed by atoms with van der Waals surface area (Å²) in [6.45, 7) is 5.16. The van der Waals surface area contributed by atoms with E-state index in [1.165, 1.54) is 57.8 Å². The summed E-state index contributed by atoms with van der Waals surface area (Å²) in [6, 6.07) is 0. The molecule has 0 radical (unpaired) electrons. The Bertz CT molecular complexity index is 1020. The monoisotopic (exact) mass is 752 g/mol. The van der Waals surface area contributed by atoms with Gasteiger partial charge in [0.1, 0.15) is 19.3 Å². The molecule has 0 fully saturated rings. The number of carbonyl (C=O) groups excluding carboxylic acids is 1. The first kappa shape index (κ1) is 50.2. The van der Waals surface area contributed by atoms with Crippen LogP contribution >= 0.6 is 7.82 Å². The molecule has 0 aliphatic heterocycles. The van der Waals surface area contributed by atoms with Crippen molar-refractivity contribution in [3.63, 3.8) is 0 Å². The number of esters is 1. The molecule has 0 heterocycles. The fraction of sp³-hybridized carbons (Fsp3) is 0.744. The Labute approximate surface area is 320 Å². The minimum atomic E-state index is -4.53. The second kappa shape index (κ2) is 36.2. The van der Waals surface area contributed by atoms with Gasteiger partial charge in [-0.15, -0.1) is 0 Å². The molecule has 0 saturated carbocycles. The topological polar surface area (TPSA) is 94.1 Å². The molecule has 0 aromatic heterocycles. The lowest BCUT2D eigenvalue weighted by atomic mass is 10.0. The third-order valence-corrected chi connectivity index (χ3v) is 9.30. The van der Waals surface area contributed by atoms with Crippen LogP contribution in [0.15, 0.2) is 60.8 Å². The quantitative estimate of drug-likeness (QED) is 0.0205.